The Hall–Kier alpha value is -1.87. The average molecular weight is 397 g/mol. The summed E-state index contributed by atoms with van der Waals surface area (Å²) in [5, 5.41) is 0. The summed E-state index contributed by atoms with van der Waals surface area (Å²) in [6.07, 6.45) is 8.35. The van der Waals surface area contributed by atoms with Crippen LogP contribution in [0.1, 0.15) is 55.4 Å². The lowest BCUT2D eigenvalue weighted by atomic mass is 9.94. The monoisotopic (exact) mass is 397 g/mol. The molecule has 1 saturated carbocycles. The summed E-state index contributed by atoms with van der Waals surface area (Å²) in [4.78, 5) is 28.8. The van der Waals surface area contributed by atoms with E-state index in [2.05, 4.69) is 4.98 Å². The summed E-state index contributed by atoms with van der Waals surface area (Å²) in [5.74, 6) is -0.977. The molecule has 0 bridgehead atoms. The third kappa shape index (κ3) is 4.52. The smallest absolute Gasteiger partial charge is 0.355 e. The molecule has 9 heteroatoms. The van der Waals surface area contributed by atoms with Crippen LogP contribution in [0.25, 0.3) is 0 Å². The number of nitrogens with zero attached hydrogens (tertiary/aromatic N) is 2. The van der Waals surface area contributed by atoms with E-state index in [1.54, 1.807) is 11.9 Å². The number of amides is 1. The zero-order valence-electron chi connectivity index (χ0n) is 15.6. The quantitative estimate of drug-likeness (QED) is 0.737. The fourth-order valence-electron chi connectivity index (χ4n) is 3.70. The van der Waals surface area contributed by atoms with Crippen molar-refractivity contribution >= 4 is 21.9 Å². The van der Waals surface area contributed by atoms with E-state index in [4.69, 9.17) is 4.74 Å². The number of H-pyrrole nitrogens is 1. The minimum atomic E-state index is -3.59. The van der Waals surface area contributed by atoms with Crippen molar-refractivity contribution in [3.8, 4) is 0 Å². The number of esters is 1. The fourth-order valence-corrected chi connectivity index (χ4v) is 5.21. The van der Waals surface area contributed by atoms with Crippen molar-refractivity contribution in [2.75, 3.05) is 26.7 Å². The van der Waals surface area contributed by atoms with Crippen LogP contribution in [0.4, 0.5) is 0 Å². The Morgan fingerprint density at radius 3 is 2.52 bits per heavy atom. The van der Waals surface area contributed by atoms with Gasteiger partial charge in [0.25, 0.3) is 5.91 Å². The largest absolute Gasteiger partial charge is 0.451 e. The van der Waals surface area contributed by atoms with Gasteiger partial charge in [0.05, 0.1) is 0 Å². The maximum Gasteiger partial charge on any atom is 0.355 e. The molecular weight excluding hydrogens is 370 g/mol. The van der Waals surface area contributed by atoms with Gasteiger partial charge < -0.3 is 14.6 Å². The Balaban J connectivity index is 1.55. The number of hydrogen-bond donors (Lipinski definition) is 1. The van der Waals surface area contributed by atoms with Crippen molar-refractivity contribution in [3.63, 3.8) is 0 Å². The molecule has 1 aromatic heterocycles. The van der Waals surface area contributed by atoms with Crippen LogP contribution in [0.2, 0.25) is 0 Å². The van der Waals surface area contributed by atoms with Crippen LogP contribution in [-0.2, 0) is 19.6 Å². The van der Waals surface area contributed by atoms with Gasteiger partial charge >= 0.3 is 5.97 Å². The molecule has 0 unspecified atom stereocenters. The maximum atomic E-state index is 12.5. The van der Waals surface area contributed by atoms with E-state index < -0.39 is 16.0 Å². The molecule has 3 rings (SSSR count). The highest BCUT2D eigenvalue weighted by Crippen LogP contribution is 2.23. The van der Waals surface area contributed by atoms with E-state index >= 15 is 0 Å². The molecule has 0 radical (unpaired) electrons. The van der Waals surface area contributed by atoms with Crippen LogP contribution < -0.4 is 0 Å². The topological polar surface area (TPSA) is 99.8 Å². The molecule has 2 fully saturated rings. The van der Waals surface area contributed by atoms with E-state index in [9.17, 15) is 18.0 Å². The first-order valence-electron chi connectivity index (χ1n) is 9.51. The van der Waals surface area contributed by atoms with Gasteiger partial charge in [0, 0.05) is 32.4 Å². The molecular formula is C18H27N3O5S. The van der Waals surface area contributed by atoms with Crippen molar-refractivity contribution < 1.29 is 22.7 Å². The van der Waals surface area contributed by atoms with E-state index in [0.717, 1.165) is 38.5 Å². The molecule has 1 aromatic rings. The Morgan fingerprint density at radius 2 is 1.85 bits per heavy atom. The molecule has 0 aromatic carbocycles. The first-order chi connectivity index (χ1) is 12.9. The van der Waals surface area contributed by atoms with Gasteiger partial charge in [-0.15, -0.1) is 0 Å². The summed E-state index contributed by atoms with van der Waals surface area (Å²) in [7, 11) is -1.85. The van der Waals surface area contributed by atoms with Crippen LogP contribution in [0.3, 0.4) is 0 Å². The molecule has 0 atom stereocenters. The number of aromatic amines is 1. The average Bonchev–Trinajstić information content (AvgIpc) is 3.38. The van der Waals surface area contributed by atoms with Crippen molar-refractivity contribution in [2.24, 2.45) is 0 Å². The van der Waals surface area contributed by atoms with Gasteiger partial charge in [-0.05, 0) is 31.7 Å². The predicted molar refractivity (Wildman–Crippen MR) is 98.7 cm³/mol. The summed E-state index contributed by atoms with van der Waals surface area (Å²) in [5.41, 5.74) is 0.0286. The zero-order chi connectivity index (χ0) is 19.4. The second kappa shape index (κ2) is 8.43. The Morgan fingerprint density at radius 1 is 1.19 bits per heavy atom. The first-order valence-corrected chi connectivity index (χ1v) is 10.9. The summed E-state index contributed by atoms with van der Waals surface area (Å²) >= 11 is 0. The molecule has 1 amide bonds. The lowest BCUT2D eigenvalue weighted by Crippen LogP contribution is -2.40. The molecule has 2 heterocycles. The van der Waals surface area contributed by atoms with Crippen molar-refractivity contribution in [1.29, 1.82) is 0 Å². The third-order valence-electron chi connectivity index (χ3n) is 5.42. The molecule has 1 aliphatic heterocycles. The van der Waals surface area contributed by atoms with E-state index in [0.29, 0.717) is 13.1 Å². The van der Waals surface area contributed by atoms with Crippen molar-refractivity contribution in [1.82, 2.24) is 14.2 Å². The fraction of sp³-hybridized carbons (Fsp3) is 0.667. The number of nitrogens with one attached hydrogen (secondary N) is 1. The normalized spacial score (nSPS) is 19.1. The number of carbonyl (C=O) groups is 2. The van der Waals surface area contributed by atoms with E-state index in [1.165, 1.54) is 23.0 Å². The second-order valence-corrected chi connectivity index (χ2v) is 9.17. The van der Waals surface area contributed by atoms with Gasteiger partial charge in [-0.25, -0.2) is 13.2 Å². The van der Waals surface area contributed by atoms with Gasteiger partial charge in [0.15, 0.2) is 6.61 Å². The Labute approximate surface area is 159 Å². The number of rotatable bonds is 6. The highest BCUT2D eigenvalue weighted by atomic mass is 32.2. The summed E-state index contributed by atoms with van der Waals surface area (Å²) in [6.45, 7) is 0.643. The van der Waals surface area contributed by atoms with Gasteiger partial charge in [-0.2, -0.15) is 4.31 Å². The highest BCUT2D eigenvalue weighted by molar-refractivity contribution is 7.89. The molecule has 0 spiro atoms. The molecule has 1 N–H and O–H groups in total. The standard InChI is InChI=1S/C18H27N3O5S/c1-20(14-7-3-2-4-8-14)17(22)13-26-18(23)16-11-15(12-19-16)27(24,25)21-9-5-6-10-21/h11-12,14,19H,2-10,13H2,1H3. The number of sulfonamides is 1. The lowest BCUT2D eigenvalue weighted by Gasteiger charge is -2.31. The molecule has 150 valence electrons. The zero-order valence-corrected chi connectivity index (χ0v) is 16.5. The molecule has 1 saturated heterocycles. The highest BCUT2D eigenvalue weighted by Gasteiger charge is 2.29. The van der Waals surface area contributed by atoms with Crippen LogP contribution >= 0.6 is 0 Å². The number of ether oxygens (including phenoxy) is 1. The third-order valence-corrected chi connectivity index (χ3v) is 7.30. The van der Waals surface area contributed by atoms with Crippen LogP contribution in [0, 0.1) is 0 Å². The van der Waals surface area contributed by atoms with E-state index in [-0.39, 0.29) is 29.1 Å². The number of aromatic nitrogens is 1. The maximum absolute atomic E-state index is 12.5. The van der Waals surface area contributed by atoms with Gasteiger partial charge in [0.1, 0.15) is 10.6 Å². The SMILES string of the molecule is CN(C(=O)COC(=O)c1cc(S(=O)(=O)N2CCCC2)c[nH]1)C1CCCCC1. The molecule has 8 nitrogen and oxygen atoms in total. The van der Waals surface area contributed by atoms with Crippen LogP contribution in [0.15, 0.2) is 17.2 Å². The van der Waals surface area contributed by atoms with Gasteiger partial charge in [-0.1, -0.05) is 19.3 Å². The van der Waals surface area contributed by atoms with Crippen molar-refractivity contribution in [3.05, 3.63) is 18.0 Å². The van der Waals surface area contributed by atoms with Crippen molar-refractivity contribution in [2.45, 2.75) is 55.9 Å². The number of hydrogen-bond acceptors (Lipinski definition) is 5. The summed E-state index contributed by atoms with van der Waals surface area (Å²) < 4.78 is 31.5. The Kier molecular flexibility index (Phi) is 6.21. The second-order valence-electron chi connectivity index (χ2n) is 7.23. The molecule has 1 aliphatic carbocycles. The predicted octanol–water partition coefficient (Wildman–Crippen LogP) is 1.75. The first kappa shape index (κ1) is 19.9. The lowest BCUT2D eigenvalue weighted by molar-refractivity contribution is -0.135. The summed E-state index contributed by atoms with van der Waals surface area (Å²) in [6, 6.07) is 1.47. The van der Waals surface area contributed by atoms with Crippen LogP contribution in [0.5, 0.6) is 0 Å². The molecule has 27 heavy (non-hydrogen) atoms. The molecule has 2 aliphatic rings. The Bertz CT molecular complexity index is 777. The minimum absolute atomic E-state index is 0.0286. The van der Waals surface area contributed by atoms with Gasteiger partial charge in [0.2, 0.25) is 10.0 Å². The van der Waals surface area contributed by atoms with Gasteiger partial charge in [-0.3, -0.25) is 4.79 Å². The number of likely N-dealkylation sites (N-methyl/N-ethyl adjacent to an activating group) is 1. The van der Waals surface area contributed by atoms with Crippen LogP contribution in [-0.4, -0.2) is 67.3 Å². The van der Waals surface area contributed by atoms with E-state index in [1.807, 2.05) is 0 Å². The number of carbonyl (C=O) groups excluding carboxylic acids is 2. The minimum Gasteiger partial charge on any atom is -0.451 e.